The lowest BCUT2D eigenvalue weighted by molar-refractivity contribution is 0.0696. The van der Waals surface area contributed by atoms with Crippen molar-refractivity contribution in [2.45, 2.75) is 6.42 Å². The van der Waals surface area contributed by atoms with Gasteiger partial charge in [-0.1, -0.05) is 28.1 Å². The lowest BCUT2D eigenvalue weighted by Gasteiger charge is -1.97. The third-order valence-corrected chi connectivity index (χ3v) is 3.45. The molecule has 100 valence electrons. The van der Waals surface area contributed by atoms with Crippen LogP contribution in [0.5, 0.6) is 0 Å². The van der Waals surface area contributed by atoms with Crippen LogP contribution >= 0.6 is 15.9 Å². The Morgan fingerprint density at radius 1 is 1.30 bits per heavy atom. The minimum absolute atomic E-state index is 0.149. The van der Waals surface area contributed by atoms with Crippen molar-refractivity contribution in [3.63, 3.8) is 0 Å². The zero-order valence-electron chi connectivity index (χ0n) is 10.3. The van der Waals surface area contributed by atoms with Gasteiger partial charge in [-0.25, -0.2) is 14.8 Å². The molecule has 0 bridgehead atoms. The molecule has 0 aliphatic rings. The van der Waals surface area contributed by atoms with Gasteiger partial charge < -0.3 is 10.1 Å². The normalized spacial score (nSPS) is 10.8. The Morgan fingerprint density at radius 3 is 2.75 bits per heavy atom. The van der Waals surface area contributed by atoms with Crippen LogP contribution in [0.2, 0.25) is 0 Å². The smallest absolute Gasteiger partial charge is 0.337 e. The van der Waals surface area contributed by atoms with Crippen molar-refractivity contribution in [2.75, 3.05) is 0 Å². The van der Waals surface area contributed by atoms with Crippen molar-refractivity contribution >= 4 is 33.1 Å². The number of hydrogen-bond acceptors (Lipinski definition) is 3. The van der Waals surface area contributed by atoms with Gasteiger partial charge in [0, 0.05) is 17.1 Å². The highest BCUT2D eigenvalue weighted by atomic mass is 79.9. The monoisotopic (exact) mass is 331 g/mol. The summed E-state index contributed by atoms with van der Waals surface area (Å²) < 4.78 is 1.03. The van der Waals surface area contributed by atoms with Crippen molar-refractivity contribution in [1.29, 1.82) is 0 Å². The number of imidazole rings is 1. The molecule has 0 spiro atoms. The summed E-state index contributed by atoms with van der Waals surface area (Å²) in [6, 6.07) is 9.50. The molecule has 1 aromatic carbocycles. The molecule has 0 saturated heterocycles. The molecule has 0 unspecified atom stereocenters. The average Bonchev–Trinajstić information content (AvgIpc) is 2.82. The van der Waals surface area contributed by atoms with Crippen LogP contribution in [0.1, 0.15) is 21.7 Å². The van der Waals surface area contributed by atoms with E-state index in [1.54, 1.807) is 6.07 Å². The summed E-state index contributed by atoms with van der Waals surface area (Å²) in [5.74, 6) is -0.235. The topological polar surface area (TPSA) is 78.9 Å². The van der Waals surface area contributed by atoms with E-state index < -0.39 is 5.97 Å². The zero-order valence-corrected chi connectivity index (χ0v) is 11.9. The number of nitrogens with one attached hydrogen (secondary N) is 1. The number of rotatable bonds is 3. The minimum Gasteiger partial charge on any atom is -0.478 e. The predicted molar refractivity (Wildman–Crippen MR) is 77.8 cm³/mol. The molecule has 2 heterocycles. The van der Waals surface area contributed by atoms with E-state index in [9.17, 15) is 4.79 Å². The molecule has 0 aliphatic heterocycles. The minimum atomic E-state index is -0.997. The predicted octanol–water partition coefficient (Wildman–Crippen LogP) is 3.01. The summed E-state index contributed by atoms with van der Waals surface area (Å²) in [5, 5.41) is 8.93. The fraction of sp³-hybridized carbons (Fsp3) is 0.0714. The number of carboxylic acid groups (broad SMARTS) is 1. The molecule has 3 rings (SSSR count). The van der Waals surface area contributed by atoms with Gasteiger partial charge in [0.1, 0.15) is 5.82 Å². The van der Waals surface area contributed by atoms with Crippen LogP contribution in [0.25, 0.3) is 11.2 Å². The number of hydrogen-bond donors (Lipinski definition) is 2. The van der Waals surface area contributed by atoms with E-state index in [4.69, 9.17) is 5.11 Å². The lowest BCUT2D eigenvalue weighted by Crippen LogP contribution is -1.96. The number of aromatic amines is 1. The van der Waals surface area contributed by atoms with Gasteiger partial charge in [0.15, 0.2) is 5.65 Å². The molecule has 2 N–H and O–H groups in total. The first kappa shape index (κ1) is 12.8. The molecule has 0 aliphatic carbocycles. The highest BCUT2D eigenvalue weighted by Gasteiger charge is 2.09. The Balaban J connectivity index is 1.92. The number of H-pyrrole nitrogens is 1. The molecular weight excluding hydrogens is 322 g/mol. The molecule has 3 aromatic rings. The standard InChI is InChI=1S/C14H10BrN3O2/c15-10-3-1-8(2-4-10)5-12-17-11-6-9(14(19)20)7-16-13(11)18-12/h1-4,6-7H,5H2,(H,19,20)(H,16,17,18). The zero-order chi connectivity index (χ0) is 14.1. The van der Waals surface area contributed by atoms with E-state index in [1.807, 2.05) is 24.3 Å². The van der Waals surface area contributed by atoms with Crippen LogP contribution in [0.3, 0.4) is 0 Å². The number of carbonyl (C=O) groups is 1. The maximum Gasteiger partial charge on any atom is 0.337 e. The first-order valence-electron chi connectivity index (χ1n) is 5.94. The molecule has 0 amide bonds. The summed E-state index contributed by atoms with van der Waals surface area (Å²) in [5.41, 5.74) is 2.43. The Bertz CT molecular complexity index is 781. The molecule has 0 atom stereocenters. The molecular formula is C14H10BrN3O2. The highest BCUT2D eigenvalue weighted by molar-refractivity contribution is 9.10. The fourth-order valence-electron chi connectivity index (χ4n) is 1.95. The molecule has 5 nitrogen and oxygen atoms in total. The molecule has 6 heteroatoms. The lowest BCUT2D eigenvalue weighted by atomic mass is 10.1. The number of aromatic nitrogens is 3. The van der Waals surface area contributed by atoms with Crippen molar-refractivity contribution in [3.05, 3.63) is 58.0 Å². The molecule has 2 aromatic heterocycles. The number of benzene rings is 1. The van der Waals surface area contributed by atoms with Gasteiger partial charge in [-0.15, -0.1) is 0 Å². The number of carboxylic acids is 1. The van der Waals surface area contributed by atoms with Gasteiger partial charge in [-0.3, -0.25) is 0 Å². The van der Waals surface area contributed by atoms with Gasteiger partial charge in [-0.2, -0.15) is 0 Å². The summed E-state index contributed by atoms with van der Waals surface area (Å²) >= 11 is 3.39. The molecule has 0 radical (unpaired) electrons. The molecule has 0 fully saturated rings. The summed E-state index contributed by atoms with van der Waals surface area (Å²) in [6.07, 6.45) is 1.96. The van der Waals surface area contributed by atoms with E-state index in [2.05, 4.69) is 30.9 Å². The number of nitrogens with zero attached hydrogens (tertiary/aromatic N) is 2. The largest absolute Gasteiger partial charge is 0.478 e. The summed E-state index contributed by atoms with van der Waals surface area (Å²) in [4.78, 5) is 22.4. The maximum absolute atomic E-state index is 10.9. The molecule has 0 saturated carbocycles. The number of halogens is 1. The first-order chi connectivity index (χ1) is 9.61. The van der Waals surface area contributed by atoms with Gasteiger partial charge in [0.05, 0.1) is 11.1 Å². The van der Waals surface area contributed by atoms with E-state index in [1.165, 1.54) is 6.20 Å². The van der Waals surface area contributed by atoms with E-state index in [0.717, 1.165) is 15.9 Å². The number of aromatic carboxylic acids is 1. The third-order valence-electron chi connectivity index (χ3n) is 2.92. The third kappa shape index (κ3) is 2.55. The van der Waals surface area contributed by atoms with Crippen molar-refractivity contribution < 1.29 is 9.90 Å². The second kappa shape index (κ2) is 5.05. The van der Waals surface area contributed by atoms with Gasteiger partial charge in [-0.05, 0) is 23.8 Å². The Labute approximate surface area is 122 Å². The van der Waals surface area contributed by atoms with Crippen LogP contribution in [0, 0.1) is 0 Å². The van der Waals surface area contributed by atoms with Crippen molar-refractivity contribution in [2.24, 2.45) is 0 Å². The van der Waals surface area contributed by atoms with Gasteiger partial charge in [0.2, 0.25) is 0 Å². The van der Waals surface area contributed by atoms with Crippen molar-refractivity contribution in [3.8, 4) is 0 Å². The Hall–Kier alpha value is -2.21. The van der Waals surface area contributed by atoms with Crippen LogP contribution < -0.4 is 0 Å². The van der Waals surface area contributed by atoms with Gasteiger partial charge >= 0.3 is 5.97 Å². The summed E-state index contributed by atoms with van der Waals surface area (Å²) in [6.45, 7) is 0. The van der Waals surface area contributed by atoms with Crippen LogP contribution in [-0.4, -0.2) is 26.0 Å². The average molecular weight is 332 g/mol. The van der Waals surface area contributed by atoms with E-state index in [0.29, 0.717) is 17.6 Å². The van der Waals surface area contributed by atoms with Crippen LogP contribution in [0.15, 0.2) is 41.0 Å². The first-order valence-corrected chi connectivity index (χ1v) is 6.73. The second-order valence-electron chi connectivity index (χ2n) is 4.39. The number of pyridine rings is 1. The fourth-order valence-corrected chi connectivity index (χ4v) is 2.21. The van der Waals surface area contributed by atoms with E-state index >= 15 is 0 Å². The van der Waals surface area contributed by atoms with Crippen LogP contribution in [0.4, 0.5) is 0 Å². The van der Waals surface area contributed by atoms with Crippen molar-refractivity contribution in [1.82, 2.24) is 15.0 Å². The quantitative estimate of drug-likeness (QED) is 0.773. The van der Waals surface area contributed by atoms with Crippen LogP contribution in [-0.2, 0) is 6.42 Å². The number of fused-ring (bicyclic) bond motifs is 1. The Kier molecular flexibility index (Phi) is 3.23. The van der Waals surface area contributed by atoms with Gasteiger partial charge in [0.25, 0.3) is 0 Å². The SMILES string of the molecule is O=C(O)c1cnc2nc(Cc3ccc(Br)cc3)[nH]c2c1. The highest BCUT2D eigenvalue weighted by Crippen LogP contribution is 2.16. The van der Waals surface area contributed by atoms with E-state index in [-0.39, 0.29) is 5.56 Å². The second-order valence-corrected chi connectivity index (χ2v) is 5.30. The molecule has 20 heavy (non-hydrogen) atoms. The maximum atomic E-state index is 10.9. The Morgan fingerprint density at radius 2 is 2.05 bits per heavy atom. The summed E-state index contributed by atoms with van der Waals surface area (Å²) in [7, 11) is 0.